The smallest absolute Gasteiger partial charge is 0.290 e. The van der Waals surface area contributed by atoms with Gasteiger partial charge in [-0.25, -0.2) is 0 Å². The van der Waals surface area contributed by atoms with E-state index in [1.54, 1.807) is 4.90 Å². The van der Waals surface area contributed by atoms with E-state index in [1.807, 2.05) is 0 Å². The van der Waals surface area contributed by atoms with Crippen molar-refractivity contribution in [3.63, 3.8) is 0 Å². The van der Waals surface area contributed by atoms with Gasteiger partial charge in [-0.3, -0.25) is 9.59 Å². The fraction of sp³-hybridized carbons (Fsp3) is 0.818. The molecule has 1 amide bonds. The molecule has 0 aliphatic carbocycles. The Labute approximate surface area is 90.2 Å². The first-order chi connectivity index (χ1) is 7.16. The third-order valence-corrected chi connectivity index (χ3v) is 3.45. The van der Waals surface area contributed by atoms with Gasteiger partial charge in [0.05, 0.1) is 0 Å². The minimum atomic E-state index is -0.256. The second kappa shape index (κ2) is 4.31. The normalized spacial score (nSPS) is 25.3. The zero-order valence-electron chi connectivity index (χ0n) is 9.24. The molecule has 0 aromatic carbocycles. The minimum absolute atomic E-state index is 0.206. The molecule has 2 aliphatic rings. The predicted molar refractivity (Wildman–Crippen MR) is 56.4 cm³/mol. The van der Waals surface area contributed by atoms with Crippen LogP contribution in [0, 0.1) is 5.92 Å². The van der Waals surface area contributed by atoms with Crippen molar-refractivity contribution in [1.29, 1.82) is 0 Å². The van der Waals surface area contributed by atoms with Crippen LogP contribution in [0.1, 0.15) is 19.3 Å². The predicted octanol–water partition coefficient (Wildman–Crippen LogP) is 0.130. The van der Waals surface area contributed by atoms with Gasteiger partial charge in [-0.1, -0.05) is 0 Å². The molecule has 2 heterocycles. The number of piperidine rings is 1. The van der Waals surface area contributed by atoms with Gasteiger partial charge < -0.3 is 9.80 Å². The number of ketones is 1. The standard InChI is InChI=1S/C11H18N2O2/c1-12-5-2-9(3-6-12)8-13-7-4-10(14)11(13)15/h9H,2-8H2,1H3. The first-order valence-corrected chi connectivity index (χ1v) is 5.67. The summed E-state index contributed by atoms with van der Waals surface area (Å²) in [5.41, 5.74) is 0. The van der Waals surface area contributed by atoms with Gasteiger partial charge in [-0.2, -0.15) is 0 Å². The van der Waals surface area contributed by atoms with Crippen LogP contribution in [0.2, 0.25) is 0 Å². The van der Waals surface area contributed by atoms with Gasteiger partial charge in [0.2, 0.25) is 5.78 Å². The number of likely N-dealkylation sites (tertiary alicyclic amines) is 2. The number of hydrogen-bond acceptors (Lipinski definition) is 3. The number of rotatable bonds is 2. The van der Waals surface area contributed by atoms with Crippen LogP contribution in [0.3, 0.4) is 0 Å². The summed E-state index contributed by atoms with van der Waals surface area (Å²) in [5.74, 6) is 0.132. The number of hydrogen-bond donors (Lipinski definition) is 0. The Morgan fingerprint density at radius 2 is 1.87 bits per heavy atom. The Hall–Kier alpha value is -0.900. The van der Waals surface area contributed by atoms with Gasteiger partial charge in [0.1, 0.15) is 0 Å². The van der Waals surface area contributed by atoms with Crippen LogP contribution in [-0.4, -0.2) is 54.7 Å². The lowest BCUT2D eigenvalue weighted by atomic mass is 9.97. The maximum absolute atomic E-state index is 11.4. The van der Waals surface area contributed by atoms with Gasteiger partial charge in [-0.05, 0) is 38.9 Å². The molecule has 2 fully saturated rings. The summed E-state index contributed by atoms with van der Waals surface area (Å²) in [7, 11) is 2.13. The van der Waals surface area contributed by atoms with Crippen LogP contribution in [0.15, 0.2) is 0 Å². The van der Waals surface area contributed by atoms with Gasteiger partial charge in [0, 0.05) is 19.5 Å². The highest BCUT2D eigenvalue weighted by Gasteiger charge is 2.31. The first-order valence-electron chi connectivity index (χ1n) is 5.67. The topological polar surface area (TPSA) is 40.6 Å². The summed E-state index contributed by atoms with van der Waals surface area (Å²) < 4.78 is 0. The Kier molecular flexibility index (Phi) is 3.05. The lowest BCUT2D eigenvalue weighted by Gasteiger charge is -2.31. The highest BCUT2D eigenvalue weighted by atomic mass is 16.2. The fourth-order valence-electron chi connectivity index (χ4n) is 2.35. The highest BCUT2D eigenvalue weighted by molar-refractivity contribution is 6.37. The van der Waals surface area contributed by atoms with Crippen molar-refractivity contribution in [3.05, 3.63) is 0 Å². The maximum atomic E-state index is 11.4. The molecule has 0 N–H and O–H groups in total. The molecule has 84 valence electrons. The van der Waals surface area contributed by atoms with E-state index in [0.29, 0.717) is 18.9 Å². The van der Waals surface area contributed by atoms with Crippen molar-refractivity contribution in [2.24, 2.45) is 5.92 Å². The molecule has 4 nitrogen and oxygen atoms in total. The Balaban J connectivity index is 1.82. The number of carbonyl (C=O) groups excluding carboxylic acids is 2. The molecular formula is C11H18N2O2. The number of Topliss-reactive ketones (excluding diaryl/α,β-unsaturated/α-hetero) is 1. The molecule has 4 heteroatoms. The molecule has 0 radical (unpaired) electrons. The number of carbonyl (C=O) groups is 2. The van der Waals surface area contributed by atoms with E-state index in [4.69, 9.17) is 0 Å². The molecule has 0 atom stereocenters. The molecule has 2 aliphatic heterocycles. The van der Waals surface area contributed by atoms with Crippen molar-refractivity contribution in [3.8, 4) is 0 Å². The van der Waals surface area contributed by atoms with E-state index >= 15 is 0 Å². The van der Waals surface area contributed by atoms with Crippen LogP contribution < -0.4 is 0 Å². The average molecular weight is 210 g/mol. The van der Waals surface area contributed by atoms with E-state index in [0.717, 1.165) is 32.5 Å². The zero-order chi connectivity index (χ0) is 10.8. The molecule has 0 spiro atoms. The molecule has 0 aromatic heterocycles. The molecule has 2 saturated heterocycles. The van der Waals surface area contributed by atoms with Gasteiger partial charge in [0.15, 0.2) is 0 Å². The molecule has 0 aromatic rings. The third kappa shape index (κ3) is 2.37. The minimum Gasteiger partial charge on any atom is -0.335 e. The molecular weight excluding hydrogens is 192 g/mol. The first kappa shape index (κ1) is 10.6. The second-order valence-corrected chi connectivity index (χ2v) is 4.67. The molecule has 0 unspecified atom stereocenters. The van der Waals surface area contributed by atoms with E-state index in [1.165, 1.54) is 0 Å². The van der Waals surface area contributed by atoms with E-state index in [-0.39, 0.29) is 11.7 Å². The highest BCUT2D eigenvalue weighted by Crippen LogP contribution is 2.19. The number of nitrogens with zero attached hydrogens (tertiary/aromatic N) is 2. The van der Waals surface area contributed by atoms with Crippen molar-refractivity contribution in [1.82, 2.24) is 9.80 Å². The Bertz CT molecular complexity index is 270. The van der Waals surface area contributed by atoms with Crippen LogP contribution in [-0.2, 0) is 9.59 Å². The van der Waals surface area contributed by atoms with Crippen molar-refractivity contribution < 1.29 is 9.59 Å². The molecule has 2 rings (SSSR count). The Morgan fingerprint density at radius 1 is 1.20 bits per heavy atom. The summed E-state index contributed by atoms with van der Waals surface area (Å²) in [6.45, 7) is 3.66. The lowest BCUT2D eigenvalue weighted by molar-refractivity contribution is -0.140. The molecule has 0 bridgehead atoms. The van der Waals surface area contributed by atoms with Crippen LogP contribution in [0.4, 0.5) is 0 Å². The summed E-state index contributed by atoms with van der Waals surface area (Å²) >= 11 is 0. The zero-order valence-corrected chi connectivity index (χ0v) is 9.24. The largest absolute Gasteiger partial charge is 0.335 e. The third-order valence-electron chi connectivity index (χ3n) is 3.45. The fourth-order valence-corrected chi connectivity index (χ4v) is 2.35. The average Bonchev–Trinajstić information content (AvgIpc) is 2.53. The molecule has 0 saturated carbocycles. The lowest BCUT2D eigenvalue weighted by Crippen LogP contribution is -2.38. The van der Waals surface area contributed by atoms with Crippen molar-refractivity contribution in [2.45, 2.75) is 19.3 Å². The monoisotopic (exact) mass is 210 g/mol. The Morgan fingerprint density at radius 3 is 2.40 bits per heavy atom. The SMILES string of the molecule is CN1CCC(CN2CCC(=O)C2=O)CC1. The molecule has 15 heavy (non-hydrogen) atoms. The van der Waals surface area contributed by atoms with Gasteiger partial charge in [0.25, 0.3) is 5.91 Å². The second-order valence-electron chi connectivity index (χ2n) is 4.67. The quantitative estimate of drug-likeness (QED) is 0.608. The summed E-state index contributed by atoms with van der Waals surface area (Å²) in [6.07, 6.45) is 2.72. The number of amides is 1. The summed E-state index contributed by atoms with van der Waals surface area (Å²) in [5, 5.41) is 0. The van der Waals surface area contributed by atoms with Crippen LogP contribution in [0.5, 0.6) is 0 Å². The van der Waals surface area contributed by atoms with E-state index in [2.05, 4.69) is 11.9 Å². The summed E-state index contributed by atoms with van der Waals surface area (Å²) in [4.78, 5) is 26.5. The van der Waals surface area contributed by atoms with Gasteiger partial charge in [-0.15, -0.1) is 0 Å². The van der Waals surface area contributed by atoms with Crippen molar-refractivity contribution >= 4 is 11.7 Å². The van der Waals surface area contributed by atoms with Gasteiger partial charge >= 0.3 is 0 Å². The van der Waals surface area contributed by atoms with E-state index in [9.17, 15) is 9.59 Å². The van der Waals surface area contributed by atoms with Crippen LogP contribution >= 0.6 is 0 Å². The van der Waals surface area contributed by atoms with E-state index < -0.39 is 0 Å². The summed E-state index contributed by atoms with van der Waals surface area (Å²) in [6, 6.07) is 0. The van der Waals surface area contributed by atoms with Crippen molar-refractivity contribution in [2.75, 3.05) is 33.2 Å². The van der Waals surface area contributed by atoms with Crippen LogP contribution in [0.25, 0.3) is 0 Å². The maximum Gasteiger partial charge on any atom is 0.290 e.